The zero-order valence-electron chi connectivity index (χ0n) is 14.5. The van der Waals surface area contributed by atoms with Gasteiger partial charge in [0.2, 0.25) is 0 Å². The topological polar surface area (TPSA) is 52.3 Å². The second-order valence-corrected chi connectivity index (χ2v) is 4.68. The minimum absolute atomic E-state index is 0.717. The number of nitrogens with two attached hydrogens (primary N) is 1. The number of ether oxygens (including phenoxy) is 1. The molecule has 3 nitrogen and oxygen atoms in total. The van der Waals surface area contributed by atoms with E-state index in [1.165, 1.54) is 11.1 Å². The smallest absolute Gasteiger partial charge is 0.119 e. The van der Waals surface area contributed by atoms with Crippen molar-refractivity contribution in [1.29, 1.82) is 0 Å². The van der Waals surface area contributed by atoms with Crippen molar-refractivity contribution in [1.82, 2.24) is 0 Å². The van der Waals surface area contributed by atoms with E-state index in [1.54, 1.807) is 0 Å². The van der Waals surface area contributed by atoms with Crippen LogP contribution >= 0.6 is 0 Å². The molecule has 0 aromatic heterocycles. The molecule has 0 bridgehead atoms. The molecule has 2 aromatic carbocycles. The monoisotopic (exact) mass is 315 g/mol. The molecule has 0 saturated heterocycles. The number of hydrogen-bond acceptors (Lipinski definition) is 3. The maximum Gasteiger partial charge on any atom is 0.119 e. The van der Waals surface area contributed by atoms with E-state index in [4.69, 9.17) is 15.3 Å². The van der Waals surface area contributed by atoms with Crippen LogP contribution in [0.2, 0.25) is 0 Å². The molecule has 126 valence electrons. The van der Waals surface area contributed by atoms with Gasteiger partial charge in [-0.1, -0.05) is 38.1 Å². The molecule has 0 heterocycles. The highest BCUT2D eigenvalue weighted by Gasteiger charge is 1.98. The molecule has 2 aromatic rings. The SMILES string of the molecule is C=O.CC.CCOc1cccc(CCCc2ccc(N)cc2)c1. The summed E-state index contributed by atoms with van der Waals surface area (Å²) in [6, 6.07) is 16.5. The molecule has 0 spiro atoms. The van der Waals surface area contributed by atoms with Gasteiger partial charge in [0.25, 0.3) is 0 Å². The largest absolute Gasteiger partial charge is 0.494 e. The van der Waals surface area contributed by atoms with Gasteiger partial charge in [0.05, 0.1) is 6.61 Å². The zero-order chi connectivity index (χ0) is 17.5. The minimum atomic E-state index is 0.717. The fraction of sp³-hybridized carbons (Fsp3) is 0.350. The Bertz CT molecular complexity index is 523. The number of anilines is 1. The van der Waals surface area contributed by atoms with Gasteiger partial charge in [-0.05, 0) is 61.6 Å². The van der Waals surface area contributed by atoms with E-state index in [1.807, 2.05) is 45.8 Å². The van der Waals surface area contributed by atoms with Crippen molar-refractivity contribution >= 4 is 12.5 Å². The van der Waals surface area contributed by atoms with Gasteiger partial charge in [-0.15, -0.1) is 0 Å². The van der Waals surface area contributed by atoms with Crippen LogP contribution in [0, 0.1) is 0 Å². The summed E-state index contributed by atoms with van der Waals surface area (Å²) in [6.07, 6.45) is 3.30. The van der Waals surface area contributed by atoms with Crippen molar-refractivity contribution in [2.75, 3.05) is 12.3 Å². The molecule has 0 amide bonds. The maximum atomic E-state index is 8.00. The van der Waals surface area contributed by atoms with Gasteiger partial charge in [0, 0.05) is 5.69 Å². The van der Waals surface area contributed by atoms with Gasteiger partial charge in [-0.25, -0.2) is 0 Å². The highest BCUT2D eigenvalue weighted by molar-refractivity contribution is 5.39. The molecular formula is C20H29NO2. The molecule has 0 aliphatic carbocycles. The standard InChI is InChI=1S/C17H21NO.C2H6.CH2O/c1-2-19-17-8-4-7-15(13-17)6-3-5-14-9-11-16(18)12-10-14;2*1-2/h4,7-13H,2-3,5-6,18H2,1H3;1-2H3;1H2. The van der Waals surface area contributed by atoms with Gasteiger partial charge in [0.15, 0.2) is 0 Å². The first-order valence-corrected chi connectivity index (χ1v) is 8.13. The highest BCUT2D eigenvalue weighted by Crippen LogP contribution is 2.16. The zero-order valence-corrected chi connectivity index (χ0v) is 14.5. The Morgan fingerprint density at radius 2 is 1.57 bits per heavy atom. The van der Waals surface area contributed by atoms with E-state index in [9.17, 15) is 0 Å². The third-order valence-corrected chi connectivity index (χ3v) is 3.12. The lowest BCUT2D eigenvalue weighted by molar-refractivity contribution is -0.0979. The van der Waals surface area contributed by atoms with Gasteiger partial charge in [-0.2, -0.15) is 0 Å². The maximum absolute atomic E-state index is 8.00. The van der Waals surface area contributed by atoms with Gasteiger partial charge in [-0.3, -0.25) is 0 Å². The molecular weight excluding hydrogens is 286 g/mol. The summed E-state index contributed by atoms with van der Waals surface area (Å²) in [6.45, 7) is 8.72. The number of aryl methyl sites for hydroxylation is 2. The normalized spacial score (nSPS) is 9.00. The summed E-state index contributed by atoms with van der Waals surface area (Å²) >= 11 is 0. The average molecular weight is 315 g/mol. The van der Waals surface area contributed by atoms with Crippen LogP contribution in [0.5, 0.6) is 5.75 Å². The summed E-state index contributed by atoms with van der Waals surface area (Å²) in [5.41, 5.74) is 9.18. The van der Waals surface area contributed by atoms with E-state index >= 15 is 0 Å². The predicted molar refractivity (Wildman–Crippen MR) is 99.0 cm³/mol. The lowest BCUT2D eigenvalue weighted by atomic mass is 10.0. The van der Waals surface area contributed by atoms with Crippen molar-refractivity contribution in [2.45, 2.75) is 40.0 Å². The lowest BCUT2D eigenvalue weighted by Gasteiger charge is -2.06. The third kappa shape index (κ3) is 8.67. The molecule has 23 heavy (non-hydrogen) atoms. The Morgan fingerprint density at radius 3 is 2.17 bits per heavy atom. The Kier molecular flexibility index (Phi) is 12.0. The number of benzene rings is 2. The second-order valence-electron chi connectivity index (χ2n) is 4.68. The van der Waals surface area contributed by atoms with Crippen LogP contribution in [0.4, 0.5) is 5.69 Å². The lowest BCUT2D eigenvalue weighted by Crippen LogP contribution is -1.94. The first-order chi connectivity index (χ1) is 11.3. The van der Waals surface area contributed by atoms with Crippen LogP contribution < -0.4 is 10.5 Å². The summed E-state index contributed by atoms with van der Waals surface area (Å²) < 4.78 is 5.51. The quantitative estimate of drug-likeness (QED) is 0.787. The molecule has 0 atom stereocenters. The number of nitrogen functional groups attached to an aromatic ring is 1. The molecule has 0 saturated carbocycles. The first-order valence-electron chi connectivity index (χ1n) is 8.13. The fourth-order valence-electron chi connectivity index (χ4n) is 2.14. The van der Waals surface area contributed by atoms with Gasteiger partial charge < -0.3 is 15.3 Å². The second kappa shape index (κ2) is 13.4. The van der Waals surface area contributed by atoms with Gasteiger partial charge >= 0.3 is 0 Å². The van der Waals surface area contributed by atoms with Crippen LogP contribution in [-0.2, 0) is 17.6 Å². The first kappa shape index (κ1) is 20.7. The minimum Gasteiger partial charge on any atom is -0.494 e. The Hall–Kier alpha value is -2.29. The van der Waals surface area contributed by atoms with Crippen LogP contribution in [0.15, 0.2) is 48.5 Å². The molecule has 2 rings (SSSR count). The van der Waals surface area contributed by atoms with E-state index in [-0.39, 0.29) is 0 Å². The molecule has 3 heteroatoms. The van der Waals surface area contributed by atoms with E-state index in [2.05, 4.69) is 30.3 Å². The number of rotatable bonds is 6. The number of carbonyl (C=O) groups excluding carboxylic acids is 1. The Morgan fingerprint density at radius 1 is 0.957 bits per heavy atom. The summed E-state index contributed by atoms with van der Waals surface area (Å²) in [4.78, 5) is 8.00. The van der Waals surface area contributed by atoms with Crippen molar-refractivity contribution in [3.63, 3.8) is 0 Å². The van der Waals surface area contributed by atoms with E-state index in [0.29, 0.717) is 0 Å². The molecule has 0 aliphatic rings. The Balaban J connectivity index is 0.00000112. The van der Waals surface area contributed by atoms with Crippen molar-refractivity contribution in [2.24, 2.45) is 0 Å². The van der Waals surface area contributed by atoms with Crippen LogP contribution in [0.1, 0.15) is 38.3 Å². The molecule has 0 radical (unpaired) electrons. The molecule has 0 aliphatic heterocycles. The predicted octanol–water partition coefficient (Wildman–Crippen LogP) is 4.68. The van der Waals surface area contributed by atoms with Crippen LogP contribution in [0.25, 0.3) is 0 Å². The summed E-state index contributed by atoms with van der Waals surface area (Å²) in [7, 11) is 0. The molecule has 0 fully saturated rings. The Labute approximate surface area is 140 Å². The van der Waals surface area contributed by atoms with Crippen molar-refractivity contribution in [3.05, 3.63) is 59.7 Å². The number of carbonyl (C=O) groups is 1. The van der Waals surface area contributed by atoms with Crippen LogP contribution in [-0.4, -0.2) is 13.4 Å². The van der Waals surface area contributed by atoms with Crippen molar-refractivity contribution in [3.8, 4) is 5.75 Å². The number of hydrogen-bond donors (Lipinski definition) is 1. The van der Waals surface area contributed by atoms with Crippen molar-refractivity contribution < 1.29 is 9.53 Å². The highest BCUT2D eigenvalue weighted by atomic mass is 16.5. The molecule has 0 unspecified atom stereocenters. The van der Waals surface area contributed by atoms with E-state index < -0.39 is 0 Å². The average Bonchev–Trinajstić information content (AvgIpc) is 2.61. The fourth-order valence-corrected chi connectivity index (χ4v) is 2.14. The summed E-state index contributed by atoms with van der Waals surface area (Å²) in [5, 5.41) is 0. The third-order valence-electron chi connectivity index (χ3n) is 3.12. The van der Waals surface area contributed by atoms with Gasteiger partial charge in [0.1, 0.15) is 12.5 Å². The molecule has 2 N–H and O–H groups in total. The summed E-state index contributed by atoms with van der Waals surface area (Å²) in [5.74, 6) is 0.965. The van der Waals surface area contributed by atoms with Crippen LogP contribution in [0.3, 0.4) is 0 Å². The van der Waals surface area contributed by atoms with E-state index in [0.717, 1.165) is 37.3 Å².